The van der Waals surface area contributed by atoms with Crippen molar-refractivity contribution in [3.63, 3.8) is 0 Å². The van der Waals surface area contributed by atoms with Crippen molar-refractivity contribution < 1.29 is 17.9 Å². The topological polar surface area (TPSA) is 75.7 Å². The highest BCUT2D eigenvalue weighted by molar-refractivity contribution is 7.92. The summed E-state index contributed by atoms with van der Waals surface area (Å²) in [6, 6.07) is 11.6. The summed E-state index contributed by atoms with van der Waals surface area (Å²) < 4.78 is 31.5. The van der Waals surface area contributed by atoms with Crippen LogP contribution in [0.3, 0.4) is 0 Å². The molecule has 0 radical (unpaired) electrons. The maximum absolute atomic E-state index is 13.2. The van der Waals surface area contributed by atoms with E-state index in [1.54, 1.807) is 38.3 Å². The standard InChI is InChI=1S/C22H30N2O4S/c1-7-20(22(25)23-21-16(4)9-8-10-19(21)15(2)3)24(29(6,26)27)17-11-13-18(28-5)14-12-17/h8-15,20H,7H2,1-6H3,(H,23,25)/t20-/m1/s1. The zero-order chi connectivity index (χ0) is 21.8. The third-order valence-electron chi connectivity index (χ3n) is 4.83. The Bertz CT molecular complexity index is 953. The number of sulfonamides is 1. The number of benzene rings is 2. The lowest BCUT2D eigenvalue weighted by Gasteiger charge is -2.30. The highest BCUT2D eigenvalue weighted by atomic mass is 32.2. The van der Waals surface area contributed by atoms with Crippen molar-refractivity contribution in [2.75, 3.05) is 23.0 Å². The number of amides is 1. The molecule has 0 aliphatic heterocycles. The van der Waals surface area contributed by atoms with Crippen LogP contribution in [0.4, 0.5) is 11.4 Å². The van der Waals surface area contributed by atoms with Gasteiger partial charge in [0.25, 0.3) is 0 Å². The molecule has 2 rings (SSSR count). The van der Waals surface area contributed by atoms with E-state index in [0.717, 1.165) is 23.1 Å². The monoisotopic (exact) mass is 418 g/mol. The largest absolute Gasteiger partial charge is 0.497 e. The van der Waals surface area contributed by atoms with Gasteiger partial charge in [-0.25, -0.2) is 8.42 Å². The summed E-state index contributed by atoms with van der Waals surface area (Å²) in [6.07, 6.45) is 1.44. The first kappa shape index (κ1) is 22.7. The lowest BCUT2D eigenvalue weighted by atomic mass is 9.98. The van der Waals surface area contributed by atoms with E-state index in [-0.39, 0.29) is 11.8 Å². The number of para-hydroxylation sites is 1. The summed E-state index contributed by atoms with van der Waals surface area (Å²) in [5.74, 6) is 0.476. The number of carbonyl (C=O) groups excluding carboxylic acids is 1. The van der Waals surface area contributed by atoms with Gasteiger partial charge in [0.15, 0.2) is 0 Å². The zero-order valence-corrected chi connectivity index (χ0v) is 18.7. The summed E-state index contributed by atoms with van der Waals surface area (Å²) in [6.45, 7) is 7.84. The Morgan fingerprint density at radius 3 is 2.24 bits per heavy atom. The second kappa shape index (κ2) is 9.31. The van der Waals surface area contributed by atoms with Gasteiger partial charge in [-0.3, -0.25) is 9.10 Å². The predicted octanol–water partition coefficient (Wildman–Crippen LogP) is 4.31. The molecular formula is C22H30N2O4S. The number of carbonyl (C=O) groups is 1. The van der Waals surface area contributed by atoms with Crippen LogP contribution in [0.2, 0.25) is 0 Å². The van der Waals surface area contributed by atoms with Gasteiger partial charge in [-0.05, 0) is 54.7 Å². The minimum atomic E-state index is -3.69. The van der Waals surface area contributed by atoms with E-state index in [1.165, 1.54) is 4.31 Å². The van der Waals surface area contributed by atoms with Gasteiger partial charge in [-0.1, -0.05) is 39.0 Å². The zero-order valence-electron chi connectivity index (χ0n) is 17.9. The SMILES string of the molecule is CC[C@H](C(=O)Nc1c(C)cccc1C(C)C)N(c1ccc(OC)cc1)S(C)(=O)=O. The van der Waals surface area contributed by atoms with Crippen LogP contribution in [0.5, 0.6) is 5.75 Å². The quantitative estimate of drug-likeness (QED) is 0.693. The molecule has 7 heteroatoms. The molecule has 0 saturated heterocycles. The molecule has 29 heavy (non-hydrogen) atoms. The van der Waals surface area contributed by atoms with Crippen LogP contribution >= 0.6 is 0 Å². The molecule has 0 bridgehead atoms. The molecule has 0 aliphatic carbocycles. The lowest BCUT2D eigenvalue weighted by molar-refractivity contribution is -0.117. The molecule has 0 fully saturated rings. The minimum absolute atomic E-state index is 0.220. The average molecular weight is 419 g/mol. The second-order valence-electron chi connectivity index (χ2n) is 7.36. The summed E-state index contributed by atoms with van der Waals surface area (Å²) in [4.78, 5) is 13.2. The van der Waals surface area contributed by atoms with Crippen molar-refractivity contribution in [2.24, 2.45) is 0 Å². The number of methoxy groups -OCH3 is 1. The van der Waals surface area contributed by atoms with Gasteiger partial charge in [0.1, 0.15) is 11.8 Å². The minimum Gasteiger partial charge on any atom is -0.497 e. The molecule has 1 atom stereocenters. The Labute approximate surface area is 173 Å². The van der Waals surface area contributed by atoms with Crippen LogP contribution in [0.15, 0.2) is 42.5 Å². The number of ether oxygens (including phenoxy) is 1. The van der Waals surface area contributed by atoms with Crippen LogP contribution in [0.1, 0.15) is 44.2 Å². The Morgan fingerprint density at radius 2 is 1.76 bits per heavy atom. The molecule has 2 aromatic rings. The van der Waals surface area contributed by atoms with Gasteiger partial charge >= 0.3 is 0 Å². The normalized spacial score (nSPS) is 12.5. The molecule has 0 aliphatic rings. The number of nitrogens with zero attached hydrogens (tertiary/aromatic N) is 1. The molecule has 0 heterocycles. The van der Waals surface area contributed by atoms with Gasteiger partial charge in [0.05, 0.1) is 19.1 Å². The van der Waals surface area contributed by atoms with E-state index in [9.17, 15) is 13.2 Å². The van der Waals surface area contributed by atoms with Crippen molar-refractivity contribution >= 4 is 27.3 Å². The number of rotatable bonds is 8. The fraction of sp³-hybridized carbons (Fsp3) is 0.409. The predicted molar refractivity (Wildman–Crippen MR) is 118 cm³/mol. The van der Waals surface area contributed by atoms with Crippen LogP contribution in [-0.4, -0.2) is 33.7 Å². The van der Waals surface area contributed by atoms with Crippen LogP contribution in [0, 0.1) is 6.92 Å². The van der Waals surface area contributed by atoms with Crippen LogP contribution in [0.25, 0.3) is 0 Å². The number of nitrogens with one attached hydrogen (secondary N) is 1. The van der Waals surface area contributed by atoms with E-state index >= 15 is 0 Å². The number of aryl methyl sites for hydroxylation is 1. The van der Waals surface area contributed by atoms with Gasteiger partial charge in [0, 0.05) is 5.69 Å². The first-order valence-corrected chi connectivity index (χ1v) is 11.5. The fourth-order valence-corrected chi connectivity index (χ4v) is 4.55. The van der Waals surface area contributed by atoms with Crippen molar-refractivity contribution in [1.29, 1.82) is 0 Å². The molecule has 0 aromatic heterocycles. The average Bonchev–Trinajstić information content (AvgIpc) is 2.66. The Morgan fingerprint density at radius 1 is 1.14 bits per heavy atom. The molecule has 1 N–H and O–H groups in total. The second-order valence-corrected chi connectivity index (χ2v) is 9.22. The van der Waals surface area contributed by atoms with E-state index in [1.807, 2.05) is 25.1 Å². The lowest BCUT2D eigenvalue weighted by Crippen LogP contribution is -2.47. The summed E-state index contributed by atoms with van der Waals surface area (Å²) in [5.41, 5.74) is 3.12. The maximum Gasteiger partial charge on any atom is 0.248 e. The van der Waals surface area contributed by atoms with Crippen molar-refractivity contribution in [2.45, 2.75) is 46.1 Å². The molecule has 0 spiro atoms. The highest BCUT2D eigenvalue weighted by Crippen LogP contribution is 2.29. The number of hydrogen-bond donors (Lipinski definition) is 1. The van der Waals surface area contributed by atoms with E-state index < -0.39 is 16.1 Å². The molecular weight excluding hydrogens is 388 g/mol. The van der Waals surface area contributed by atoms with Crippen LogP contribution < -0.4 is 14.4 Å². The van der Waals surface area contributed by atoms with Crippen molar-refractivity contribution in [3.8, 4) is 5.75 Å². The molecule has 2 aromatic carbocycles. The van der Waals surface area contributed by atoms with E-state index in [2.05, 4.69) is 19.2 Å². The van der Waals surface area contributed by atoms with Gasteiger partial charge in [-0.2, -0.15) is 0 Å². The summed E-state index contributed by atoms with van der Waals surface area (Å²) >= 11 is 0. The van der Waals surface area contributed by atoms with Gasteiger partial charge < -0.3 is 10.1 Å². The smallest absolute Gasteiger partial charge is 0.248 e. The maximum atomic E-state index is 13.2. The molecule has 1 amide bonds. The number of anilines is 2. The molecule has 0 unspecified atom stereocenters. The third-order valence-corrected chi connectivity index (χ3v) is 6.01. The third kappa shape index (κ3) is 5.29. The van der Waals surface area contributed by atoms with Gasteiger partial charge in [0.2, 0.25) is 15.9 Å². The summed E-state index contributed by atoms with van der Waals surface area (Å²) in [7, 11) is -2.15. The highest BCUT2D eigenvalue weighted by Gasteiger charge is 2.32. The Hall–Kier alpha value is -2.54. The van der Waals surface area contributed by atoms with Gasteiger partial charge in [-0.15, -0.1) is 0 Å². The van der Waals surface area contributed by atoms with E-state index in [4.69, 9.17) is 4.74 Å². The van der Waals surface area contributed by atoms with Crippen molar-refractivity contribution in [3.05, 3.63) is 53.6 Å². The Balaban J connectivity index is 2.44. The first-order valence-electron chi connectivity index (χ1n) is 9.64. The molecule has 158 valence electrons. The van der Waals surface area contributed by atoms with Crippen LogP contribution in [-0.2, 0) is 14.8 Å². The Kier molecular flexibility index (Phi) is 7.30. The first-order chi connectivity index (χ1) is 13.6. The van der Waals surface area contributed by atoms with Crippen molar-refractivity contribution in [1.82, 2.24) is 0 Å². The fourth-order valence-electron chi connectivity index (χ4n) is 3.34. The molecule has 0 saturated carbocycles. The molecule has 6 nitrogen and oxygen atoms in total. The van der Waals surface area contributed by atoms with E-state index in [0.29, 0.717) is 17.9 Å². The number of hydrogen-bond acceptors (Lipinski definition) is 4. The summed E-state index contributed by atoms with van der Waals surface area (Å²) in [5, 5.41) is 2.99.